The molecule has 2 aromatic rings. The van der Waals surface area contributed by atoms with E-state index >= 15 is 0 Å². The van der Waals surface area contributed by atoms with Gasteiger partial charge >= 0.3 is 0 Å². The molecule has 0 aliphatic carbocycles. The van der Waals surface area contributed by atoms with Gasteiger partial charge < -0.3 is 9.47 Å². The first kappa shape index (κ1) is 27.4. The van der Waals surface area contributed by atoms with Crippen molar-refractivity contribution < 1.29 is 27.1 Å². The predicted octanol–water partition coefficient (Wildman–Crippen LogP) is 5.13. The Kier molecular flexibility index (Phi) is 9.55. The van der Waals surface area contributed by atoms with Gasteiger partial charge in [-0.3, -0.25) is 4.79 Å². The van der Waals surface area contributed by atoms with Crippen molar-refractivity contribution >= 4 is 39.0 Å². The fourth-order valence-electron chi connectivity index (χ4n) is 2.97. The first-order chi connectivity index (χ1) is 15.3. The fourth-order valence-corrected chi connectivity index (χ4v) is 3.99. The van der Waals surface area contributed by atoms with Crippen LogP contribution in [0.25, 0.3) is 0 Å². The number of ketones is 1. The molecule has 182 valence electrons. The Morgan fingerprint density at radius 2 is 1.73 bits per heavy atom. The van der Waals surface area contributed by atoms with Gasteiger partial charge in [0, 0.05) is 5.41 Å². The average Bonchev–Trinajstić information content (AvgIpc) is 2.72. The van der Waals surface area contributed by atoms with Gasteiger partial charge in [-0.05, 0) is 41.8 Å². The number of ether oxygens (including phenoxy) is 2. The van der Waals surface area contributed by atoms with E-state index in [4.69, 9.17) is 32.7 Å². The standard InChI is InChI=1S/C23H28Cl2FNO5S/c1-5-6-9-31-22-18(24)10-16(11-19(22)25)23(2,3)15-7-8-21(20(26)12-15)32-14-17(28)13-27-33(4,29)30/h7-8,10-12,27H,5-6,9,13-14H2,1-4H3. The predicted molar refractivity (Wildman–Crippen MR) is 129 cm³/mol. The zero-order valence-corrected chi connectivity index (χ0v) is 21.3. The lowest BCUT2D eigenvalue weighted by Gasteiger charge is -2.27. The molecule has 0 heterocycles. The Balaban J connectivity index is 2.16. The van der Waals surface area contributed by atoms with Crippen molar-refractivity contribution in [2.75, 3.05) is 26.0 Å². The average molecular weight is 520 g/mol. The molecule has 1 N–H and O–H groups in total. The lowest BCUT2D eigenvalue weighted by Crippen LogP contribution is -2.31. The third kappa shape index (κ3) is 7.84. The molecule has 0 amide bonds. The van der Waals surface area contributed by atoms with Crippen LogP contribution in [-0.4, -0.2) is 40.2 Å². The molecule has 0 unspecified atom stereocenters. The molecule has 0 spiro atoms. The fraction of sp³-hybridized carbons (Fsp3) is 0.435. The number of unbranched alkanes of at least 4 members (excludes halogenated alkanes) is 1. The Morgan fingerprint density at radius 3 is 2.27 bits per heavy atom. The molecule has 0 aliphatic heterocycles. The number of carbonyl (C=O) groups excluding carboxylic acids is 1. The minimum atomic E-state index is -3.50. The van der Waals surface area contributed by atoms with Gasteiger partial charge in [0.25, 0.3) is 0 Å². The normalized spacial score (nSPS) is 12.0. The second-order valence-corrected chi connectivity index (χ2v) is 10.8. The molecule has 6 nitrogen and oxygen atoms in total. The van der Waals surface area contributed by atoms with E-state index in [1.807, 2.05) is 13.8 Å². The smallest absolute Gasteiger partial charge is 0.209 e. The molecule has 0 bridgehead atoms. The molecule has 2 aromatic carbocycles. The van der Waals surface area contributed by atoms with Gasteiger partial charge in [0.05, 0.1) is 29.5 Å². The summed E-state index contributed by atoms with van der Waals surface area (Å²) in [5, 5.41) is 0.756. The molecular formula is C23H28Cl2FNO5S. The first-order valence-corrected chi connectivity index (χ1v) is 13.0. The molecule has 0 atom stereocenters. The van der Waals surface area contributed by atoms with Crippen molar-refractivity contribution in [3.63, 3.8) is 0 Å². The van der Waals surface area contributed by atoms with Gasteiger partial charge in [-0.25, -0.2) is 17.5 Å². The maximum Gasteiger partial charge on any atom is 0.209 e. The summed E-state index contributed by atoms with van der Waals surface area (Å²) in [4.78, 5) is 11.8. The van der Waals surface area contributed by atoms with Crippen LogP contribution in [0.2, 0.25) is 10.0 Å². The third-order valence-electron chi connectivity index (χ3n) is 5.04. The minimum Gasteiger partial charge on any atom is -0.490 e. The number of hydrogen-bond donors (Lipinski definition) is 1. The van der Waals surface area contributed by atoms with E-state index in [0.717, 1.165) is 24.7 Å². The molecule has 10 heteroatoms. The topological polar surface area (TPSA) is 81.7 Å². The van der Waals surface area contributed by atoms with Crippen LogP contribution in [0.15, 0.2) is 30.3 Å². The van der Waals surface area contributed by atoms with Gasteiger partial charge in [0.2, 0.25) is 10.0 Å². The molecular weight excluding hydrogens is 492 g/mol. The Morgan fingerprint density at radius 1 is 1.09 bits per heavy atom. The second-order valence-electron chi connectivity index (χ2n) is 8.16. The number of Topliss-reactive ketones (excluding diaryl/α,β-unsaturated/α-hetero) is 1. The van der Waals surface area contributed by atoms with Crippen LogP contribution < -0.4 is 14.2 Å². The van der Waals surface area contributed by atoms with Gasteiger partial charge in [-0.15, -0.1) is 0 Å². The molecule has 0 aromatic heterocycles. The molecule has 2 rings (SSSR count). The highest BCUT2D eigenvalue weighted by atomic mass is 35.5. The Labute approximate surface area is 204 Å². The monoisotopic (exact) mass is 519 g/mol. The van der Waals surface area contributed by atoms with Crippen LogP contribution in [0.5, 0.6) is 11.5 Å². The summed E-state index contributed by atoms with van der Waals surface area (Å²) in [6.45, 7) is 5.49. The number of carbonyl (C=O) groups is 1. The SMILES string of the molecule is CCCCOc1c(Cl)cc(C(C)(C)c2ccc(OCC(=O)CNS(C)(=O)=O)c(F)c2)cc1Cl. The molecule has 0 aliphatic rings. The van der Waals surface area contributed by atoms with E-state index < -0.39 is 40.2 Å². The van der Waals surface area contributed by atoms with Crippen molar-refractivity contribution in [3.05, 3.63) is 57.3 Å². The summed E-state index contributed by atoms with van der Waals surface area (Å²) in [6.07, 6.45) is 2.80. The quantitative estimate of drug-likeness (QED) is 0.393. The summed E-state index contributed by atoms with van der Waals surface area (Å²) in [7, 11) is -3.50. The van der Waals surface area contributed by atoms with Crippen LogP contribution in [-0.2, 0) is 20.2 Å². The van der Waals surface area contributed by atoms with E-state index in [9.17, 15) is 17.6 Å². The van der Waals surface area contributed by atoms with Crippen molar-refractivity contribution in [2.24, 2.45) is 0 Å². The molecule has 0 saturated heterocycles. The van der Waals surface area contributed by atoms with E-state index in [1.165, 1.54) is 12.1 Å². The van der Waals surface area contributed by atoms with Crippen molar-refractivity contribution in [1.82, 2.24) is 4.72 Å². The van der Waals surface area contributed by atoms with E-state index in [2.05, 4.69) is 11.6 Å². The van der Waals surface area contributed by atoms with E-state index in [0.29, 0.717) is 28.0 Å². The highest BCUT2D eigenvalue weighted by molar-refractivity contribution is 7.88. The largest absolute Gasteiger partial charge is 0.490 e. The number of benzene rings is 2. The number of nitrogens with one attached hydrogen (secondary N) is 1. The van der Waals surface area contributed by atoms with Gasteiger partial charge in [0.15, 0.2) is 23.1 Å². The maximum absolute atomic E-state index is 14.7. The van der Waals surface area contributed by atoms with Crippen molar-refractivity contribution in [2.45, 2.75) is 39.0 Å². The first-order valence-electron chi connectivity index (χ1n) is 10.4. The number of rotatable bonds is 12. The summed E-state index contributed by atoms with van der Waals surface area (Å²) in [6, 6.07) is 7.94. The number of hydrogen-bond acceptors (Lipinski definition) is 5. The van der Waals surface area contributed by atoms with Crippen LogP contribution >= 0.6 is 23.2 Å². The minimum absolute atomic E-state index is 0.113. The Hall–Kier alpha value is -1.87. The molecule has 33 heavy (non-hydrogen) atoms. The second kappa shape index (κ2) is 11.5. The summed E-state index contributed by atoms with van der Waals surface area (Å²) >= 11 is 12.8. The number of sulfonamides is 1. The number of halogens is 3. The lowest BCUT2D eigenvalue weighted by molar-refractivity contribution is -0.119. The zero-order valence-electron chi connectivity index (χ0n) is 19.0. The van der Waals surface area contributed by atoms with Gasteiger partial charge in [-0.2, -0.15) is 0 Å². The summed E-state index contributed by atoms with van der Waals surface area (Å²) < 4.78 is 49.8. The highest BCUT2D eigenvalue weighted by Crippen LogP contribution is 2.41. The molecule has 0 radical (unpaired) electrons. The summed E-state index contributed by atoms with van der Waals surface area (Å²) in [5.74, 6) is -0.870. The van der Waals surface area contributed by atoms with Crippen molar-refractivity contribution in [1.29, 1.82) is 0 Å². The lowest BCUT2D eigenvalue weighted by atomic mass is 9.78. The highest BCUT2D eigenvalue weighted by Gasteiger charge is 2.27. The van der Waals surface area contributed by atoms with Crippen LogP contribution in [0.4, 0.5) is 4.39 Å². The van der Waals surface area contributed by atoms with Crippen LogP contribution in [0, 0.1) is 5.82 Å². The maximum atomic E-state index is 14.7. The summed E-state index contributed by atoms with van der Waals surface area (Å²) in [5.41, 5.74) is 0.767. The third-order valence-corrected chi connectivity index (χ3v) is 6.27. The van der Waals surface area contributed by atoms with E-state index in [-0.39, 0.29) is 5.75 Å². The van der Waals surface area contributed by atoms with Gasteiger partial charge in [-0.1, -0.05) is 56.5 Å². The van der Waals surface area contributed by atoms with Crippen LogP contribution in [0.3, 0.4) is 0 Å². The Bertz CT molecular complexity index is 1080. The van der Waals surface area contributed by atoms with E-state index in [1.54, 1.807) is 18.2 Å². The van der Waals surface area contributed by atoms with Crippen molar-refractivity contribution in [3.8, 4) is 11.5 Å². The molecule has 0 saturated carbocycles. The molecule has 0 fully saturated rings. The van der Waals surface area contributed by atoms with Gasteiger partial charge in [0.1, 0.15) is 6.61 Å². The zero-order chi connectivity index (χ0) is 24.8. The van der Waals surface area contributed by atoms with Crippen LogP contribution in [0.1, 0.15) is 44.7 Å².